The number of hydrogen-bond acceptors (Lipinski definition) is 2. The summed E-state index contributed by atoms with van der Waals surface area (Å²) in [5, 5.41) is 0. The van der Waals surface area contributed by atoms with E-state index in [1.54, 1.807) is 12.1 Å². The number of halogens is 3. The van der Waals surface area contributed by atoms with Gasteiger partial charge in [0.05, 0.1) is 6.54 Å². The standard InChI is InChI=1S/C14H18BrFN4.HI/c1-11(15)10-18-14(17)20-8-6-19(7-9-20)13-4-2-12(16)3-5-13;/h2-5H,1,6-10H2,(H2,17,18);1H. The first-order valence-corrected chi connectivity index (χ1v) is 7.24. The van der Waals surface area contributed by atoms with Crippen LogP contribution in [0.1, 0.15) is 0 Å². The Bertz CT molecular complexity index is 498. The highest BCUT2D eigenvalue weighted by Crippen LogP contribution is 2.16. The van der Waals surface area contributed by atoms with E-state index >= 15 is 0 Å². The number of benzene rings is 1. The third-order valence-electron chi connectivity index (χ3n) is 3.21. The number of piperazine rings is 1. The quantitative estimate of drug-likeness (QED) is 0.421. The molecule has 0 bridgehead atoms. The Balaban J connectivity index is 0.00000220. The molecule has 7 heteroatoms. The van der Waals surface area contributed by atoms with Crippen molar-refractivity contribution in [3.8, 4) is 0 Å². The maximum Gasteiger partial charge on any atom is 0.191 e. The van der Waals surface area contributed by atoms with Crippen molar-refractivity contribution in [3.05, 3.63) is 41.1 Å². The minimum atomic E-state index is -0.209. The first-order valence-electron chi connectivity index (χ1n) is 6.45. The van der Waals surface area contributed by atoms with Gasteiger partial charge in [-0.15, -0.1) is 24.0 Å². The van der Waals surface area contributed by atoms with Crippen molar-refractivity contribution in [1.82, 2.24) is 4.90 Å². The van der Waals surface area contributed by atoms with Crippen molar-refractivity contribution in [2.45, 2.75) is 0 Å². The second kappa shape index (κ2) is 8.57. The van der Waals surface area contributed by atoms with Gasteiger partial charge in [-0.2, -0.15) is 0 Å². The van der Waals surface area contributed by atoms with E-state index in [9.17, 15) is 4.39 Å². The summed E-state index contributed by atoms with van der Waals surface area (Å²) in [5.74, 6) is 0.336. The van der Waals surface area contributed by atoms with Gasteiger partial charge >= 0.3 is 0 Å². The van der Waals surface area contributed by atoms with Crippen molar-refractivity contribution < 1.29 is 4.39 Å². The van der Waals surface area contributed by atoms with Crippen molar-refractivity contribution in [3.63, 3.8) is 0 Å². The van der Waals surface area contributed by atoms with Crippen molar-refractivity contribution in [1.29, 1.82) is 0 Å². The molecule has 0 unspecified atom stereocenters. The van der Waals surface area contributed by atoms with Gasteiger partial charge in [-0.25, -0.2) is 9.38 Å². The van der Waals surface area contributed by atoms with Gasteiger partial charge in [0.2, 0.25) is 0 Å². The van der Waals surface area contributed by atoms with E-state index in [1.807, 2.05) is 0 Å². The third-order valence-corrected chi connectivity index (χ3v) is 3.46. The number of guanidine groups is 1. The van der Waals surface area contributed by atoms with Crippen LogP contribution in [0.5, 0.6) is 0 Å². The summed E-state index contributed by atoms with van der Waals surface area (Å²) < 4.78 is 13.7. The molecule has 0 aromatic heterocycles. The lowest BCUT2D eigenvalue weighted by Gasteiger charge is -2.36. The first kappa shape index (κ1) is 18.2. The zero-order chi connectivity index (χ0) is 14.5. The number of nitrogens with zero attached hydrogens (tertiary/aromatic N) is 3. The van der Waals surface area contributed by atoms with Gasteiger partial charge in [0, 0.05) is 36.3 Å². The van der Waals surface area contributed by atoms with Crippen LogP contribution >= 0.6 is 39.9 Å². The third kappa shape index (κ3) is 5.46. The first-order chi connectivity index (χ1) is 9.56. The fraction of sp³-hybridized carbons (Fsp3) is 0.357. The summed E-state index contributed by atoms with van der Waals surface area (Å²) in [6.07, 6.45) is 0. The number of anilines is 1. The van der Waals surface area contributed by atoms with Crippen molar-refractivity contribution in [2.24, 2.45) is 10.7 Å². The smallest absolute Gasteiger partial charge is 0.191 e. The van der Waals surface area contributed by atoms with Crippen LogP contribution in [0.4, 0.5) is 10.1 Å². The SMILES string of the molecule is C=C(Br)CN=C(N)N1CCN(c2ccc(F)cc2)CC1.I. The molecule has 1 heterocycles. The lowest BCUT2D eigenvalue weighted by Crippen LogP contribution is -2.51. The van der Waals surface area contributed by atoms with Gasteiger partial charge in [-0.1, -0.05) is 22.5 Å². The lowest BCUT2D eigenvalue weighted by molar-refractivity contribution is 0.381. The molecule has 1 aromatic carbocycles. The van der Waals surface area contributed by atoms with Crippen LogP contribution in [-0.2, 0) is 0 Å². The summed E-state index contributed by atoms with van der Waals surface area (Å²) in [5.41, 5.74) is 6.98. The van der Waals surface area contributed by atoms with Gasteiger partial charge in [-0.3, -0.25) is 0 Å². The van der Waals surface area contributed by atoms with Crippen LogP contribution < -0.4 is 10.6 Å². The summed E-state index contributed by atoms with van der Waals surface area (Å²) >= 11 is 3.26. The Labute approximate surface area is 150 Å². The van der Waals surface area contributed by atoms with Crippen LogP contribution in [0.25, 0.3) is 0 Å². The normalized spacial score (nSPS) is 15.6. The molecule has 2 rings (SSSR count). The Morgan fingerprint density at radius 1 is 1.24 bits per heavy atom. The van der Waals surface area contributed by atoms with Crippen molar-refractivity contribution >= 4 is 51.6 Å². The molecule has 0 spiro atoms. The topological polar surface area (TPSA) is 44.9 Å². The number of rotatable bonds is 3. The predicted octanol–water partition coefficient (Wildman–Crippen LogP) is 2.79. The minimum absolute atomic E-state index is 0. The average Bonchev–Trinajstić information content (AvgIpc) is 2.46. The minimum Gasteiger partial charge on any atom is -0.370 e. The van der Waals surface area contributed by atoms with Crippen LogP contribution in [0.3, 0.4) is 0 Å². The van der Waals surface area contributed by atoms with Crippen molar-refractivity contribution in [2.75, 3.05) is 37.6 Å². The Morgan fingerprint density at radius 2 is 1.81 bits per heavy atom. The van der Waals surface area contributed by atoms with Crippen LogP contribution in [-0.4, -0.2) is 43.6 Å². The van der Waals surface area contributed by atoms with E-state index in [0.717, 1.165) is 36.3 Å². The molecule has 0 amide bonds. The van der Waals surface area contributed by atoms with E-state index in [1.165, 1.54) is 12.1 Å². The van der Waals surface area contributed by atoms with Gasteiger partial charge < -0.3 is 15.5 Å². The monoisotopic (exact) mass is 468 g/mol. The number of hydrogen-bond donors (Lipinski definition) is 1. The van der Waals surface area contributed by atoms with E-state index in [4.69, 9.17) is 5.73 Å². The molecule has 2 N–H and O–H groups in total. The van der Waals surface area contributed by atoms with Crippen LogP contribution in [0, 0.1) is 5.82 Å². The van der Waals surface area contributed by atoms with Gasteiger partial charge in [-0.05, 0) is 24.3 Å². The second-order valence-electron chi connectivity index (χ2n) is 4.64. The van der Waals surface area contributed by atoms with Crippen LogP contribution in [0.15, 0.2) is 40.3 Å². The molecule has 116 valence electrons. The summed E-state index contributed by atoms with van der Waals surface area (Å²) in [6, 6.07) is 6.58. The number of aliphatic imine (C=N–C) groups is 1. The molecule has 0 atom stereocenters. The molecule has 4 nitrogen and oxygen atoms in total. The Hall–Kier alpha value is -0.830. The van der Waals surface area contributed by atoms with E-state index < -0.39 is 0 Å². The largest absolute Gasteiger partial charge is 0.370 e. The summed E-state index contributed by atoms with van der Waals surface area (Å²) in [4.78, 5) is 8.53. The second-order valence-corrected chi connectivity index (χ2v) is 5.76. The molecule has 1 aromatic rings. The molecule has 1 fully saturated rings. The number of nitrogens with two attached hydrogens (primary N) is 1. The molecule has 0 radical (unpaired) electrons. The van der Waals surface area contributed by atoms with E-state index in [2.05, 4.69) is 37.3 Å². The maximum atomic E-state index is 12.9. The highest BCUT2D eigenvalue weighted by molar-refractivity contribution is 14.0. The predicted molar refractivity (Wildman–Crippen MR) is 100 cm³/mol. The molecule has 1 aliphatic rings. The van der Waals surface area contributed by atoms with E-state index in [0.29, 0.717) is 12.5 Å². The Kier molecular flexibility index (Phi) is 7.44. The fourth-order valence-corrected chi connectivity index (χ4v) is 2.24. The van der Waals surface area contributed by atoms with Gasteiger partial charge in [0.25, 0.3) is 0 Å². The fourth-order valence-electron chi connectivity index (χ4n) is 2.11. The molecular weight excluding hydrogens is 450 g/mol. The molecule has 0 aliphatic carbocycles. The Morgan fingerprint density at radius 3 is 2.33 bits per heavy atom. The van der Waals surface area contributed by atoms with E-state index in [-0.39, 0.29) is 29.8 Å². The molecule has 21 heavy (non-hydrogen) atoms. The molecule has 1 aliphatic heterocycles. The lowest BCUT2D eigenvalue weighted by atomic mass is 10.2. The highest BCUT2D eigenvalue weighted by Gasteiger charge is 2.18. The summed E-state index contributed by atoms with van der Waals surface area (Å²) in [6.45, 7) is 7.52. The molecular formula is C14H19BrFIN4. The molecule has 1 saturated heterocycles. The maximum absolute atomic E-state index is 12.9. The zero-order valence-corrected chi connectivity index (χ0v) is 15.6. The zero-order valence-electron chi connectivity index (χ0n) is 11.6. The highest BCUT2D eigenvalue weighted by atomic mass is 127. The van der Waals surface area contributed by atoms with Gasteiger partial charge in [0.1, 0.15) is 5.82 Å². The molecule has 0 saturated carbocycles. The van der Waals surface area contributed by atoms with Gasteiger partial charge in [0.15, 0.2) is 5.96 Å². The van der Waals surface area contributed by atoms with Crippen LogP contribution in [0.2, 0.25) is 0 Å². The summed E-state index contributed by atoms with van der Waals surface area (Å²) in [7, 11) is 0. The average molecular weight is 469 g/mol.